The molecule has 1 saturated heterocycles. The third kappa shape index (κ3) is 4.29. The van der Waals surface area contributed by atoms with Gasteiger partial charge in [0.1, 0.15) is 17.3 Å². The molecule has 1 aliphatic heterocycles. The van der Waals surface area contributed by atoms with Crippen LogP contribution in [0, 0.1) is 5.82 Å². The fourth-order valence-electron chi connectivity index (χ4n) is 3.66. The van der Waals surface area contributed by atoms with E-state index in [0.29, 0.717) is 23.5 Å². The minimum Gasteiger partial charge on any atom is -0.507 e. The highest BCUT2D eigenvalue weighted by molar-refractivity contribution is 7.10. The summed E-state index contributed by atoms with van der Waals surface area (Å²) < 4.78 is 18.9. The minimum atomic E-state index is -0.741. The number of carbonyl (C=O) groups is 2. The number of ether oxygens (including phenoxy) is 1. The summed E-state index contributed by atoms with van der Waals surface area (Å²) in [5.74, 6) is -1.39. The Morgan fingerprint density at radius 3 is 2.44 bits per heavy atom. The fraction of sp³-hybridized carbons (Fsp3) is 0.200. The third-order valence-corrected chi connectivity index (χ3v) is 6.14. The lowest BCUT2D eigenvalue weighted by Gasteiger charge is -2.24. The lowest BCUT2D eigenvalue weighted by molar-refractivity contribution is -0.140. The summed E-state index contributed by atoms with van der Waals surface area (Å²) in [4.78, 5) is 28.1. The molecule has 0 bridgehead atoms. The average Bonchev–Trinajstić information content (AvgIpc) is 3.42. The largest absolute Gasteiger partial charge is 0.507 e. The van der Waals surface area contributed by atoms with E-state index in [1.165, 1.54) is 28.4 Å². The first kappa shape index (κ1) is 21.8. The molecule has 164 valence electrons. The van der Waals surface area contributed by atoms with Crippen LogP contribution in [0.5, 0.6) is 5.75 Å². The molecule has 3 aromatic rings. The number of Topliss-reactive ketones (excluding diaryl/α,β-unsaturated/α-hetero) is 1. The Bertz CT molecular complexity index is 1140. The van der Waals surface area contributed by atoms with E-state index >= 15 is 0 Å². The summed E-state index contributed by atoms with van der Waals surface area (Å²) in [5.41, 5.74) is 1.16. The molecule has 1 aliphatic rings. The number of rotatable bonds is 7. The highest BCUT2D eigenvalue weighted by Crippen LogP contribution is 2.42. The van der Waals surface area contributed by atoms with E-state index in [4.69, 9.17) is 4.74 Å². The zero-order valence-corrected chi connectivity index (χ0v) is 18.3. The van der Waals surface area contributed by atoms with E-state index in [1.807, 2.05) is 24.4 Å². The molecule has 0 aliphatic carbocycles. The number of benzene rings is 2. The van der Waals surface area contributed by atoms with Crippen LogP contribution < -0.4 is 4.74 Å². The first-order valence-corrected chi connectivity index (χ1v) is 11.2. The van der Waals surface area contributed by atoms with Gasteiger partial charge in [-0.3, -0.25) is 9.59 Å². The smallest absolute Gasteiger partial charge is 0.295 e. The zero-order valence-electron chi connectivity index (χ0n) is 17.5. The summed E-state index contributed by atoms with van der Waals surface area (Å²) in [6.45, 7) is 2.71. The fourth-order valence-corrected chi connectivity index (χ4v) is 4.50. The molecule has 2 heterocycles. The van der Waals surface area contributed by atoms with Crippen molar-refractivity contribution in [2.24, 2.45) is 0 Å². The summed E-state index contributed by atoms with van der Waals surface area (Å²) in [6, 6.07) is 15.5. The van der Waals surface area contributed by atoms with Crippen LogP contribution in [0.15, 0.2) is 71.6 Å². The Labute approximate surface area is 189 Å². The molecule has 1 amide bonds. The van der Waals surface area contributed by atoms with Gasteiger partial charge in [-0.1, -0.05) is 25.1 Å². The van der Waals surface area contributed by atoms with E-state index in [2.05, 4.69) is 0 Å². The van der Waals surface area contributed by atoms with Crippen molar-refractivity contribution >= 4 is 28.8 Å². The van der Waals surface area contributed by atoms with Crippen molar-refractivity contribution in [2.45, 2.75) is 25.9 Å². The molecular weight excluding hydrogens is 429 g/mol. The molecule has 4 rings (SSSR count). The number of aliphatic hydroxyl groups is 1. The van der Waals surface area contributed by atoms with Gasteiger partial charge >= 0.3 is 0 Å². The van der Waals surface area contributed by atoms with Crippen molar-refractivity contribution in [3.05, 3.63) is 93.4 Å². The molecule has 0 saturated carbocycles. The predicted molar refractivity (Wildman–Crippen MR) is 121 cm³/mol. The number of ketones is 1. The van der Waals surface area contributed by atoms with E-state index in [-0.39, 0.29) is 23.7 Å². The number of halogens is 1. The first-order valence-electron chi connectivity index (χ1n) is 10.3. The van der Waals surface area contributed by atoms with E-state index in [0.717, 1.165) is 11.3 Å². The Morgan fingerprint density at radius 1 is 1.09 bits per heavy atom. The van der Waals surface area contributed by atoms with Gasteiger partial charge in [0, 0.05) is 17.0 Å². The van der Waals surface area contributed by atoms with Gasteiger partial charge in [0.15, 0.2) is 0 Å². The summed E-state index contributed by atoms with van der Waals surface area (Å²) >= 11 is 1.40. The van der Waals surface area contributed by atoms with Gasteiger partial charge in [0.05, 0.1) is 18.2 Å². The van der Waals surface area contributed by atoms with Crippen molar-refractivity contribution in [3.63, 3.8) is 0 Å². The second-order valence-electron chi connectivity index (χ2n) is 7.44. The maximum atomic E-state index is 13.3. The van der Waals surface area contributed by atoms with Crippen molar-refractivity contribution in [1.82, 2.24) is 4.90 Å². The maximum Gasteiger partial charge on any atom is 0.295 e. The Hall–Kier alpha value is -3.45. The summed E-state index contributed by atoms with van der Waals surface area (Å²) in [5, 5.41) is 12.9. The minimum absolute atomic E-state index is 0.0433. The summed E-state index contributed by atoms with van der Waals surface area (Å²) in [7, 11) is 0. The highest BCUT2D eigenvalue weighted by atomic mass is 32.1. The monoisotopic (exact) mass is 451 g/mol. The maximum absolute atomic E-state index is 13.3. The topological polar surface area (TPSA) is 66.8 Å². The van der Waals surface area contributed by atoms with Crippen LogP contribution in [-0.2, 0) is 16.1 Å². The number of hydrogen-bond donors (Lipinski definition) is 1. The molecule has 32 heavy (non-hydrogen) atoms. The highest BCUT2D eigenvalue weighted by Gasteiger charge is 2.46. The molecule has 7 heteroatoms. The van der Waals surface area contributed by atoms with Gasteiger partial charge in [0.2, 0.25) is 0 Å². The van der Waals surface area contributed by atoms with Crippen LogP contribution >= 0.6 is 11.3 Å². The molecule has 0 spiro atoms. The van der Waals surface area contributed by atoms with Crippen molar-refractivity contribution in [2.75, 3.05) is 6.61 Å². The Balaban J connectivity index is 1.73. The number of hydrogen-bond acceptors (Lipinski definition) is 5. The van der Waals surface area contributed by atoms with E-state index in [9.17, 15) is 19.1 Å². The quantitative estimate of drug-likeness (QED) is 0.301. The average molecular weight is 452 g/mol. The lowest BCUT2D eigenvalue weighted by Crippen LogP contribution is -2.28. The van der Waals surface area contributed by atoms with Gasteiger partial charge in [-0.2, -0.15) is 0 Å². The molecule has 5 nitrogen and oxygen atoms in total. The van der Waals surface area contributed by atoms with Crippen molar-refractivity contribution in [3.8, 4) is 5.75 Å². The molecule has 1 fully saturated rings. The Morgan fingerprint density at radius 2 is 1.81 bits per heavy atom. The van der Waals surface area contributed by atoms with Crippen LogP contribution in [0.2, 0.25) is 0 Å². The van der Waals surface area contributed by atoms with Crippen molar-refractivity contribution in [1.29, 1.82) is 0 Å². The van der Waals surface area contributed by atoms with Gasteiger partial charge in [-0.15, -0.1) is 11.3 Å². The molecule has 1 N–H and O–H groups in total. The second kappa shape index (κ2) is 9.36. The van der Waals surface area contributed by atoms with Gasteiger partial charge < -0.3 is 14.7 Å². The molecule has 1 aromatic heterocycles. The number of amides is 1. The number of nitrogens with zero attached hydrogens (tertiary/aromatic N) is 1. The van der Waals surface area contributed by atoms with Crippen LogP contribution in [0.4, 0.5) is 4.39 Å². The van der Waals surface area contributed by atoms with E-state index in [1.54, 1.807) is 36.4 Å². The molecule has 1 atom stereocenters. The predicted octanol–water partition coefficient (Wildman–Crippen LogP) is 5.30. The van der Waals surface area contributed by atoms with Gasteiger partial charge in [-0.05, 0) is 59.8 Å². The van der Waals surface area contributed by atoms with Crippen LogP contribution in [0.1, 0.15) is 35.4 Å². The van der Waals surface area contributed by atoms with Gasteiger partial charge in [-0.25, -0.2) is 4.39 Å². The van der Waals surface area contributed by atoms with Crippen LogP contribution in [-0.4, -0.2) is 28.3 Å². The number of likely N-dealkylation sites (tertiary alicyclic amines) is 1. The van der Waals surface area contributed by atoms with Crippen molar-refractivity contribution < 1.29 is 23.8 Å². The standard InChI is InChI=1S/C25H22FNO4S/c1-2-13-31-19-11-7-17(8-12-19)23(28)21-22(20-4-3-14-32-20)27(25(30)24(21)29)15-16-5-9-18(26)10-6-16/h3-12,14,22,28H,2,13,15H2,1H3/b23-21-. The number of aliphatic hydroxyl groups excluding tert-OH is 1. The van der Waals surface area contributed by atoms with E-state index < -0.39 is 17.7 Å². The molecule has 0 radical (unpaired) electrons. The lowest BCUT2D eigenvalue weighted by atomic mass is 9.99. The first-order chi connectivity index (χ1) is 15.5. The third-order valence-electron chi connectivity index (χ3n) is 5.22. The normalized spacial score (nSPS) is 17.7. The molecule has 1 unspecified atom stereocenters. The number of thiophene rings is 1. The molecular formula is C25H22FNO4S. The van der Waals surface area contributed by atoms with Crippen LogP contribution in [0.25, 0.3) is 5.76 Å². The van der Waals surface area contributed by atoms with Gasteiger partial charge in [0.25, 0.3) is 11.7 Å². The zero-order chi connectivity index (χ0) is 22.7. The molecule has 2 aromatic carbocycles. The van der Waals surface area contributed by atoms with Crippen LogP contribution in [0.3, 0.4) is 0 Å². The SMILES string of the molecule is CCCOc1ccc(/C(O)=C2/C(=O)C(=O)N(Cc3ccc(F)cc3)C2c2cccs2)cc1. The number of carbonyl (C=O) groups excluding carboxylic acids is 2. The summed E-state index contributed by atoms with van der Waals surface area (Å²) in [6.07, 6.45) is 0.875. The second-order valence-corrected chi connectivity index (χ2v) is 8.42. The Kier molecular flexibility index (Phi) is 6.37.